The van der Waals surface area contributed by atoms with Gasteiger partial charge >= 0.3 is 0 Å². The van der Waals surface area contributed by atoms with E-state index in [1.165, 1.54) is 11.1 Å². The van der Waals surface area contributed by atoms with Crippen molar-refractivity contribution in [2.45, 2.75) is 13.8 Å². The second kappa shape index (κ2) is 4.81. The van der Waals surface area contributed by atoms with Crippen LogP contribution in [0.1, 0.15) is 11.1 Å². The molecule has 0 bridgehead atoms. The van der Waals surface area contributed by atoms with Crippen LogP contribution in [0, 0.1) is 13.8 Å². The van der Waals surface area contributed by atoms with Gasteiger partial charge in [-0.15, -0.1) is 0 Å². The van der Waals surface area contributed by atoms with Crippen molar-refractivity contribution in [2.75, 3.05) is 11.1 Å². The van der Waals surface area contributed by atoms with E-state index in [1.807, 2.05) is 30.3 Å². The summed E-state index contributed by atoms with van der Waals surface area (Å²) < 4.78 is 0. The number of anilines is 3. The Hall–Kier alpha value is -2.62. The fraction of sp³-hybridized carbons (Fsp3) is 0.125. The Labute approximate surface area is 117 Å². The molecule has 3 rings (SSSR count). The standard InChI is InChI=1S/C16H16N4/c1-10-7-8-12(9-11(10)2)18-15-13-5-3-4-6-14(13)19-16(17)20-15/h3-9H,1-2H3,(H3,17,18,19,20). The van der Waals surface area contributed by atoms with E-state index in [4.69, 9.17) is 5.73 Å². The highest BCUT2D eigenvalue weighted by molar-refractivity contribution is 5.91. The quantitative estimate of drug-likeness (QED) is 0.742. The third-order valence-electron chi connectivity index (χ3n) is 3.39. The summed E-state index contributed by atoms with van der Waals surface area (Å²) in [5.74, 6) is 1.01. The molecule has 0 unspecified atom stereocenters. The van der Waals surface area contributed by atoms with Gasteiger partial charge in [-0.3, -0.25) is 0 Å². The van der Waals surface area contributed by atoms with Crippen molar-refractivity contribution in [3.05, 3.63) is 53.6 Å². The number of benzene rings is 2. The van der Waals surface area contributed by atoms with Gasteiger partial charge in [0.1, 0.15) is 5.82 Å². The minimum absolute atomic E-state index is 0.273. The van der Waals surface area contributed by atoms with E-state index in [-0.39, 0.29) is 5.95 Å². The van der Waals surface area contributed by atoms with Crippen molar-refractivity contribution in [1.82, 2.24) is 9.97 Å². The zero-order valence-electron chi connectivity index (χ0n) is 11.5. The second-order valence-corrected chi connectivity index (χ2v) is 4.87. The lowest BCUT2D eigenvalue weighted by molar-refractivity contribution is 1.23. The molecule has 0 fully saturated rings. The third-order valence-corrected chi connectivity index (χ3v) is 3.39. The summed E-state index contributed by atoms with van der Waals surface area (Å²) in [4.78, 5) is 8.54. The maximum absolute atomic E-state index is 5.77. The molecular weight excluding hydrogens is 248 g/mol. The number of para-hydroxylation sites is 1. The molecule has 4 nitrogen and oxygen atoms in total. The van der Waals surface area contributed by atoms with Crippen LogP contribution in [0.15, 0.2) is 42.5 Å². The summed E-state index contributed by atoms with van der Waals surface area (Å²) in [6, 6.07) is 14.0. The molecule has 0 amide bonds. The first-order chi connectivity index (χ1) is 9.63. The van der Waals surface area contributed by atoms with Crippen molar-refractivity contribution in [2.24, 2.45) is 0 Å². The Morgan fingerprint density at radius 1 is 0.950 bits per heavy atom. The summed E-state index contributed by atoms with van der Waals surface area (Å²) >= 11 is 0. The summed E-state index contributed by atoms with van der Waals surface area (Å²) in [6.07, 6.45) is 0. The molecule has 0 aliphatic carbocycles. The highest BCUT2D eigenvalue weighted by Crippen LogP contribution is 2.25. The highest BCUT2D eigenvalue weighted by atomic mass is 15.1. The van der Waals surface area contributed by atoms with Crippen molar-refractivity contribution < 1.29 is 0 Å². The van der Waals surface area contributed by atoms with Gasteiger partial charge in [-0.25, -0.2) is 4.98 Å². The molecule has 1 heterocycles. The SMILES string of the molecule is Cc1ccc(Nc2nc(N)nc3ccccc23)cc1C. The molecule has 0 radical (unpaired) electrons. The number of nitrogens with one attached hydrogen (secondary N) is 1. The number of hydrogen-bond donors (Lipinski definition) is 2. The van der Waals surface area contributed by atoms with E-state index in [2.05, 4.69) is 41.3 Å². The predicted octanol–water partition coefficient (Wildman–Crippen LogP) is 3.57. The van der Waals surface area contributed by atoms with E-state index in [1.54, 1.807) is 0 Å². The number of aryl methyl sites for hydroxylation is 2. The van der Waals surface area contributed by atoms with Gasteiger partial charge in [0.15, 0.2) is 0 Å². The number of aromatic nitrogens is 2. The maximum Gasteiger partial charge on any atom is 0.222 e. The third kappa shape index (κ3) is 2.28. The molecule has 0 saturated heterocycles. The van der Waals surface area contributed by atoms with Crippen molar-refractivity contribution >= 4 is 28.4 Å². The van der Waals surface area contributed by atoms with Crippen molar-refractivity contribution in [3.8, 4) is 0 Å². The fourth-order valence-electron chi connectivity index (χ4n) is 2.15. The van der Waals surface area contributed by atoms with Crippen LogP contribution < -0.4 is 11.1 Å². The fourth-order valence-corrected chi connectivity index (χ4v) is 2.15. The van der Waals surface area contributed by atoms with Gasteiger partial charge < -0.3 is 11.1 Å². The average Bonchev–Trinajstić information content (AvgIpc) is 2.43. The predicted molar refractivity (Wildman–Crippen MR) is 83.1 cm³/mol. The number of hydrogen-bond acceptors (Lipinski definition) is 4. The number of rotatable bonds is 2. The van der Waals surface area contributed by atoms with Crippen molar-refractivity contribution in [3.63, 3.8) is 0 Å². The molecule has 0 aliphatic heterocycles. The van der Waals surface area contributed by atoms with E-state index >= 15 is 0 Å². The van der Waals surface area contributed by atoms with E-state index in [9.17, 15) is 0 Å². The number of nitrogen functional groups attached to an aromatic ring is 1. The minimum atomic E-state index is 0.273. The van der Waals surface area contributed by atoms with Gasteiger partial charge in [0.05, 0.1) is 5.52 Å². The first-order valence-corrected chi connectivity index (χ1v) is 6.50. The molecule has 3 aromatic rings. The molecule has 4 heteroatoms. The molecule has 0 spiro atoms. The van der Waals surface area contributed by atoms with Gasteiger partial charge in [-0.1, -0.05) is 18.2 Å². The van der Waals surface area contributed by atoms with Crippen LogP contribution >= 0.6 is 0 Å². The maximum atomic E-state index is 5.77. The molecule has 0 saturated carbocycles. The average molecular weight is 264 g/mol. The van der Waals surface area contributed by atoms with E-state index < -0.39 is 0 Å². The second-order valence-electron chi connectivity index (χ2n) is 4.87. The van der Waals surface area contributed by atoms with Gasteiger partial charge in [-0.05, 0) is 49.2 Å². The van der Waals surface area contributed by atoms with Crippen LogP contribution in [0.5, 0.6) is 0 Å². The Morgan fingerprint density at radius 3 is 2.55 bits per heavy atom. The van der Waals surface area contributed by atoms with E-state index in [0.29, 0.717) is 0 Å². The Bertz CT molecular complexity index is 781. The molecular formula is C16H16N4. The van der Waals surface area contributed by atoms with Crippen molar-refractivity contribution in [1.29, 1.82) is 0 Å². The summed E-state index contributed by atoms with van der Waals surface area (Å²) in [7, 11) is 0. The largest absolute Gasteiger partial charge is 0.368 e. The lowest BCUT2D eigenvalue weighted by Crippen LogP contribution is -2.01. The molecule has 2 aromatic carbocycles. The van der Waals surface area contributed by atoms with Crippen LogP contribution in [0.4, 0.5) is 17.5 Å². The zero-order chi connectivity index (χ0) is 14.1. The van der Waals surface area contributed by atoms with Gasteiger partial charge in [0.2, 0.25) is 5.95 Å². The van der Waals surface area contributed by atoms with E-state index in [0.717, 1.165) is 22.4 Å². The zero-order valence-corrected chi connectivity index (χ0v) is 11.5. The van der Waals surface area contributed by atoms with Gasteiger partial charge in [0.25, 0.3) is 0 Å². The Kier molecular flexibility index (Phi) is 2.99. The van der Waals surface area contributed by atoms with Gasteiger partial charge in [0, 0.05) is 11.1 Å². The van der Waals surface area contributed by atoms with Crippen LogP contribution in [-0.2, 0) is 0 Å². The molecule has 0 aliphatic rings. The lowest BCUT2D eigenvalue weighted by Gasteiger charge is -2.10. The summed E-state index contributed by atoms with van der Waals surface area (Å²) in [5.41, 5.74) is 10.1. The lowest BCUT2D eigenvalue weighted by atomic mass is 10.1. The normalized spacial score (nSPS) is 10.7. The molecule has 1 aromatic heterocycles. The van der Waals surface area contributed by atoms with Crippen LogP contribution in [0.2, 0.25) is 0 Å². The number of nitrogens with zero attached hydrogens (tertiary/aromatic N) is 2. The molecule has 3 N–H and O–H groups in total. The monoisotopic (exact) mass is 264 g/mol. The Balaban J connectivity index is 2.07. The Morgan fingerprint density at radius 2 is 1.75 bits per heavy atom. The highest BCUT2D eigenvalue weighted by Gasteiger charge is 2.06. The minimum Gasteiger partial charge on any atom is -0.368 e. The summed E-state index contributed by atoms with van der Waals surface area (Å²) in [6.45, 7) is 4.18. The smallest absolute Gasteiger partial charge is 0.222 e. The number of nitrogens with two attached hydrogens (primary N) is 1. The first kappa shape index (κ1) is 12.4. The first-order valence-electron chi connectivity index (χ1n) is 6.50. The van der Waals surface area contributed by atoms with Crippen LogP contribution in [0.25, 0.3) is 10.9 Å². The molecule has 100 valence electrons. The molecule has 20 heavy (non-hydrogen) atoms. The van der Waals surface area contributed by atoms with Gasteiger partial charge in [-0.2, -0.15) is 4.98 Å². The summed E-state index contributed by atoms with van der Waals surface area (Å²) in [5, 5.41) is 4.28. The topological polar surface area (TPSA) is 63.8 Å². The van der Waals surface area contributed by atoms with Crippen LogP contribution in [0.3, 0.4) is 0 Å². The number of fused-ring (bicyclic) bond motifs is 1. The molecule has 0 atom stereocenters. The van der Waals surface area contributed by atoms with Crippen LogP contribution in [-0.4, -0.2) is 9.97 Å².